The van der Waals surface area contributed by atoms with Crippen molar-refractivity contribution in [3.63, 3.8) is 0 Å². The predicted octanol–water partition coefficient (Wildman–Crippen LogP) is 3.74. The highest BCUT2D eigenvalue weighted by Gasteiger charge is 2.10. The molecule has 24 heavy (non-hydrogen) atoms. The van der Waals surface area contributed by atoms with Crippen molar-refractivity contribution < 1.29 is 9.53 Å². The van der Waals surface area contributed by atoms with Gasteiger partial charge in [0.1, 0.15) is 5.75 Å². The Morgan fingerprint density at radius 1 is 1.08 bits per heavy atom. The minimum Gasteiger partial charge on any atom is -0.483 e. The van der Waals surface area contributed by atoms with Gasteiger partial charge in [-0.05, 0) is 50.1 Å². The van der Waals surface area contributed by atoms with Gasteiger partial charge in [-0.15, -0.1) is 0 Å². The molecule has 0 aliphatic carbocycles. The van der Waals surface area contributed by atoms with Crippen LogP contribution in [0.2, 0.25) is 0 Å². The number of carbonyl (C=O) groups is 1. The number of benzene rings is 2. The standard InChI is InChI=1S/C20H26N2O2/c1-5-21-12-17-8-6-7-9-18(17)22-19(23)13-24-20-15(3)10-14(2)11-16(20)4/h6-11,21H,5,12-13H2,1-4H3,(H,22,23). The van der Waals surface area contributed by atoms with Crippen LogP contribution < -0.4 is 15.4 Å². The van der Waals surface area contributed by atoms with E-state index >= 15 is 0 Å². The number of para-hydroxylation sites is 1. The molecule has 0 saturated carbocycles. The lowest BCUT2D eigenvalue weighted by atomic mass is 10.1. The fourth-order valence-electron chi connectivity index (χ4n) is 2.77. The van der Waals surface area contributed by atoms with Gasteiger partial charge in [0.2, 0.25) is 0 Å². The summed E-state index contributed by atoms with van der Waals surface area (Å²) in [6.07, 6.45) is 0. The summed E-state index contributed by atoms with van der Waals surface area (Å²) in [6.45, 7) is 9.72. The number of ether oxygens (including phenoxy) is 1. The average Bonchev–Trinajstić information content (AvgIpc) is 2.53. The molecule has 0 aliphatic rings. The number of carbonyl (C=O) groups excluding carboxylic acids is 1. The lowest BCUT2D eigenvalue weighted by molar-refractivity contribution is -0.118. The van der Waals surface area contributed by atoms with E-state index in [4.69, 9.17) is 4.74 Å². The molecule has 0 heterocycles. The second-order valence-corrected chi connectivity index (χ2v) is 6.00. The number of hydrogen-bond acceptors (Lipinski definition) is 3. The third kappa shape index (κ3) is 4.83. The molecular weight excluding hydrogens is 300 g/mol. The number of nitrogens with one attached hydrogen (secondary N) is 2. The van der Waals surface area contributed by atoms with Gasteiger partial charge in [-0.3, -0.25) is 4.79 Å². The number of amides is 1. The van der Waals surface area contributed by atoms with Gasteiger partial charge in [0, 0.05) is 12.2 Å². The highest BCUT2D eigenvalue weighted by Crippen LogP contribution is 2.24. The maximum Gasteiger partial charge on any atom is 0.262 e. The summed E-state index contributed by atoms with van der Waals surface area (Å²) in [5.41, 5.74) is 5.18. The fourth-order valence-corrected chi connectivity index (χ4v) is 2.77. The number of hydrogen-bond donors (Lipinski definition) is 2. The normalized spacial score (nSPS) is 10.5. The maximum atomic E-state index is 12.2. The third-order valence-corrected chi connectivity index (χ3v) is 3.81. The van der Waals surface area contributed by atoms with Crippen LogP contribution in [0.5, 0.6) is 5.75 Å². The Morgan fingerprint density at radius 2 is 1.75 bits per heavy atom. The van der Waals surface area contributed by atoms with Crippen LogP contribution in [0.1, 0.15) is 29.2 Å². The van der Waals surface area contributed by atoms with Crippen molar-refractivity contribution >= 4 is 11.6 Å². The van der Waals surface area contributed by atoms with Crippen molar-refractivity contribution in [1.82, 2.24) is 5.32 Å². The Labute approximate surface area is 144 Å². The Hall–Kier alpha value is -2.33. The molecule has 0 bridgehead atoms. The van der Waals surface area contributed by atoms with Gasteiger partial charge in [-0.1, -0.05) is 42.8 Å². The van der Waals surface area contributed by atoms with E-state index in [9.17, 15) is 4.79 Å². The van der Waals surface area contributed by atoms with E-state index in [1.54, 1.807) is 0 Å². The van der Waals surface area contributed by atoms with Crippen LogP contribution in [-0.2, 0) is 11.3 Å². The van der Waals surface area contributed by atoms with E-state index < -0.39 is 0 Å². The van der Waals surface area contributed by atoms with Gasteiger partial charge in [0.25, 0.3) is 5.91 Å². The summed E-state index contributed by atoms with van der Waals surface area (Å²) in [5.74, 6) is 0.634. The molecule has 0 radical (unpaired) electrons. The second-order valence-electron chi connectivity index (χ2n) is 6.00. The monoisotopic (exact) mass is 326 g/mol. The summed E-state index contributed by atoms with van der Waals surface area (Å²) in [7, 11) is 0. The van der Waals surface area contributed by atoms with E-state index in [2.05, 4.69) is 36.6 Å². The van der Waals surface area contributed by atoms with Crippen molar-refractivity contribution in [1.29, 1.82) is 0 Å². The lowest BCUT2D eigenvalue weighted by Gasteiger charge is -2.14. The molecular formula is C20H26N2O2. The lowest BCUT2D eigenvalue weighted by Crippen LogP contribution is -2.22. The minimum atomic E-state index is -0.154. The summed E-state index contributed by atoms with van der Waals surface area (Å²) in [6, 6.07) is 11.9. The van der Waals surface area contributed by atoms with Crippen LogP contribution in [0.3, 0.4) is 0 Å². The van der Waals surface area contributed by atoms with Gasteiger partial charge < -0.3 is 15.4 Å². The van der Waals surface area contributed by atoms with E-state index in [1.807, 2.05) is 38.1 Å². The molecule has 2 aromatic rings. The summed E-state index contributed by atoms with van der Waals surface area (Å²) in [4.78, 5) is 12.2. The Balaban J connectivity index is 2.00. The number of aryl methyl sites for hydroxylation is 3. The highest BCUT2D eigenvalue weighted by molar-refractivity contribution is 5.92. The molecule has 0 aromatic heterocycles. The molecule has 0 atom stereocenters. The smallest absolute Gasteiger partial charge is 0.262 e. The topological polar surface area (TPSA) is 50.4 Å². The predicted molar refractivity (Wildman–Crippen MR) is 98.6 cm³/mol. The van der Waals surface area contributed by atoms with Crippen molar-refractivity contribution in [2.45, 2.75) is 34.2 Å². The average molecular weight is 326 g/mol. The molecule has 2 N–H and O–H groups in total. The first-order chi connectivity index (χ1) is 11.5. The highest BCUT2D eigenvalue weighted by atomic mass is 16.5. The first-order valence-electron chi connectivity index (χ1n) is 8.30. The van der Waals surface area contributed by atoms with Gasteiger partial charge in [-0.25, -0.2) is 0 Å². The van der Waals surface area contributed by atoms with Crippen molar-refractivity contribution in [2.24, 2.45) is 0 Å². The quantitative estimate of drug-likeness (QED) is 0.815. The molecule has 4 heteroatoms. The van der Waals surface area contributed by atoms with Crippen molar-refractivity contribution in [2.75, 3.05) is 18.5 Å². The van der Waals surface area contributed by atoms with Crippen LogP contribution in [-0.4, -0.2) is 19.1 Å². The van der Waals surface area contributed by atoms with Crippen molar-refractivity contribution in [3.05, 3.63) is 58.7 Å². The largest absolute Gasteiger partial charge is 0.483 e. The van der Waals surface area contributed by atoms with Crippen LogP contribution in [0.4, 0.5) is 5.69 Å². The first-order valence-corrected chi connectivity index (χ1v) is 8.30. The molecule has 0 saturated heterocycles. The van der Waals surface area contributed by atoms with Crippen LogP contribution in [0.25, 0.3) is 0 Å². The van der Waals surface area contributed by atoms with E-state index in [0.29, 0.717) is 0 Å². The van der Waals surface area contributed by atoms with E-state index in [1.165, 1.54) is 5.56 Å². The summed E-state index contributed by atoms with van der Waals surface area (Å²) < 4.78 is 5.75. The Bertz CT molecular complexity index is 688. The van der Waals surface area contributed by atoms with Crippen LogP contribution in [0, 0.1) is 20.8 Å². The third-order valence-electron chi connectivity index (χ3n) is 3.81. The molecule has 1 amide bonds. The van der Waals surface area contributed by atoms with Gasteiger partial charge in [0.05, 0.1) is 0 Å². The zero-order valence-electron chi connectivity index (χ0n) is 14.9. The number of anilines is 1. The zero-order chi connectivity index (χ0) is 17.5. The molecule has 4 nitrogen and oxygen atoms in total. The fraction of sp³-hybridized carbons (Fsp3) is 0.350. The summed E-state index contributed by atoms with van der Waals surface area (Å²) >= 11 is 0. The SMILES string of the molecule is CCNCc1ccccc1NC(=O)COc1c(C)cc(C)cc1C. The first kappa shape index (κ1) is 18.0. The van der Waals surface area contributed by atoms with Gasteiger partial charge >= 0.3 is 0 Å². The second kappa shape index (κ2) is 8.50. The zero-order valence-corrected chi connectivity index (χ0v) is 14.9. The minimum absolute atomic E-state index is 0.000279. The van der Waals surface area contributed by atoms with Crippen molar-refractivity contribution in [3.8, 4) is 5.75 Å². The van der Waals surface area contributed by atoms with E-state index in [0.717, 1.165) is 41.2 Å². The Kier molecular flexibility index (Phi) is 6.38. The molecule has 2 aromatic carbocycles. The molecule has 128 valence electrons. The molecule has 0 spiro atoms. The molecule has 2 rings (SSSR count). The molecule has 0 aliphatic heterocycles. The summed E-state index contributed by atoms with van der Waals surface area (Å²) in [5, 5.41) is 6.21. The van der Waals surface area contributed by atoms with E-state index in [-0.39, 0.29) is 12.5 Å². The molecule has 0 unspecified atom stereocenters. The maximum absolute atomic E-state index is 12.2. The van der Waals surface area contributed by atoms with Crippen LogP contribution in [0.15, 0.2) is 36.4 Å². The van der Waals surface area contributed by atoms with Crippen LogP contribution >= 0.6 is 0 Å². The molecule has 0 fully saturated rings. The Morgan fingerprint density at radius 3 is 2.42 bits per heavy atom. The van der Waals surface area contributed by atoms with Gasteiger partial charge in [0.15, 0.2) is 6.61 Å². The number of rotatable bonds is 7. The van der Waals surface area contributed by atoms with Gasteiger partial charge in [-0.2, -0.15) is 0 Å².